The third kappa shape index (κ3) is 2.87. The van der Waals surface area contributed by atoms with Crippen LogP contribution < -0.4 is 0 Å². The molecule has 0 radical (unpaired) electrons. The molecule has 1 fully saturated rings. The number of hydrogen-bond acceptors (Lipinski definition) is 4. The van der Waals surface area contributed by atoms with E-state index in [0.717, 1.165) is 43.3 Å². The van der Waals surface area contributed by atoms with E-state index in [4.69, 9.17) is 0 Å². The Morgan fingerprint density at radius 2 is 1.89 bits per heavy atom. The van der Waals surface area contributed by atoms with Crippen LogP contribution in [0, 0.1) is 13.8 Å². The predicted molar refractivity (Wildman–Crippen MR) is 71.5 cm³/mol. The van der Waals surface area contributed by atoms with E-state index < -0.39 is 0 Å². The van der Waals surface area contributed by atoms with Crippen LogP contribution in [0.5, 0.6) is 0 Å². The molecule has 4 heteroatoms. The number of aromatic nitrogens is 2. The van der Waals surface area contributed by atoms with Gasteiger partial charge >= 0.3 is 0 Å². The first-order valence-electron chi connectivity index (χ1n) is 6.71. The Bertz CT molecular complexity index is 408. The van der Waals surface area contributed by atoms with Gasteiger partial charge in [-0.1, -0.05) is 13.8 Å². The molecule has 0 bridgehead atoms. The fourth-order valence-corrected chi connectivity index (χ4v) is 2.86. The maximum absolute atomic E-state index is 9.52. The smallest absolute Gasteiger partial charge is 0.142 e. The molecule has 0 saturated carbocycles. The van der Waals surface area contributed by atoms with Crippen LogP contribution in [0.3, 0.4) is 0 Å². The second-order valence-electron chi connectivity index (χ2n) is 5.56. The highest BCUT2D eigenvalue weighted by atomic mass is 16.3. The second-order valence-corrected chi connectivity index (χ2v) is 5.56. The van der Waals surface area contributed by atoms with Crippen LogP contribution in [0.15, 0.2) is 0 Å². The van der Waals surface area contributed by atoms with E-state index in [1.807, 2.05) is 0 Å². The minimum absolute atomic E-state index is 0.179. The van der Waals surface area contributed by atoms with Crippen LogP contribution in [0.25, 0.3) is 0 Å². The predicted octanol–water partition coefficient (Wildman–Crippen LogP) is 1.78. The highest BCUT2D eigenvalue weighted by Gasteiger charge is 2.21. The summed E-state index contributed by atoms with van der Waals surface area (Å²) in [6.07, 6.45) is 0.685. The highest BCUT2D eigenvalue weighted by molar-refractivity contribution is 5.27. The molecule has 1 aromatic rings. The Morgan fingerprint density at radius 3 is 2.33 bits per heavy atom. The van der Waals surface area contributed by atoms with Crippen molar-refractivity contribution >= 4 is 0 Å². The van der Waals surface area contributed by atoms with Crippen LogP contribution in [-0.2, 0) is 6.54 Å². The summed E-state index contributed by atoms with van der Waals surface area (Å²) in [7, 11) is 0. The van der Waals surface area contributed by atoms with Crippen LogP contribution in [-0.4, -0.2) is 39.2 Å². The van der Waals surface area contributed by atoms with Gasteiger partial charge in [-0.25, -0.2) is 9.97 Å². The lowest BCUT2D eigenvalue weighted by molar-refractivity contribution is 0.174. The van der Waals surface area contributed by atoms with Crippen LogP contribution in [0.1, 0.15) is 49.0 Å². The number of aliphatic hydroxyl groups excluding tert-OH is 1. The van der Waals surface area contributed by atoms with E-state index in [1.54, 1.807) is 0 Å². The molecule has 1 saturated heterocycles. The Kier molecular flexibility index (Phi) is 3.97. The van der Waals surface area contributed by atoms with Crippen molar-refractivity contribution in [3.8, 4) is 0 Å². The molecule has 4 nitrogen and oxygen atoms in total. The normalized spacial score (nSPS) is 20.9. The van der Waals surface area contributed by atoms with Gasteiger partial charge in [0.15, 0.2) is 0 Å². The Balaban J connectivity index is 2.15. The van der Waals surface area contributed by atoms with Crippen LogP contribution >= 0.6 is 0 Å². The molecular formula is C14H23N3O. The molecule has 100 valence electrons. The zero-order valence-electron chi connectivity index (χ0n) is 11.8. The SMILES string of the molecule is Cc1nc(CN2CCC(O)C2)nc(C)c1C(C)C. The van der Waals surface area contributed by atoms with Gasteiger partial charge in [-0.3, -0.25) is 4.90 Å². The van der Waals surface area contributed by atoms with Crippen molar-refractivity contribution in [2.24, 2.45) is 0 Å². The lowest BCUT2D eigenvalue weighted by atomic mass is 10.0. The monoisotopic (exact) mass is 249 g/mol. The van der Waals surface area contributed by atoms with Gasteiger partial charge in [-0.15, -0.1) is 0 Å². The standard InChI is InChI=1S/C14H23N3O/c1-9(2)14-10(3)15-13(16-11(14)4)8-17-6-5-12(18)7-17/h9,12,18H,5-8H2,1-4H3. The van der Waals surface area contributed by atoms with Gasteiger partial charge in [0.25, 0.3) is 0 Å². The zero-order valence-corrected chi connectivity index (χ0v) is 11.8. The summed E-state index contributed by atoms with van der Waals surface area (Å²) < 4.78 is 0. The third-order valence-electron chi connectivity index (χ3n) is 3.56. The molecule has 1 aliphatic heterocycles. The number of aliphatic hydroxyl groups is 1. The number of β-amino-alcohol motifs (C(OH)–C–C–N with tert-alkyl or cyclic N) is 1. The molecule has 18 heavy (non-hydrogen) atoms. The minimum atomic E-state index is -0.179. The lowest BCUT2D eigenvalue weighted by Crippen LogP contribution is -2.23. The number of aryl methyl sites for hydroxylation is 2. The summed E-state index contributed by atoms with van der Waals surface area (Å²) in [5, 5.41) is 9.52. The molecule has 0 aliphatic carbocycles. The average molecular weight is 249 g/mol. The molecule has 1 N–H and O–H groups in total. The molecule has 0 amide bonds. The topological polar surface area (TPSA) is 49.2 Å². The molecule has 1 atom stereocenters. The molecule has 1 aromatic heterocycles. The number of rotatable bonds is 3. The van der Waals surface area contributed by atoms with E-state index in [2.05, 4.69) is 42.6 Å². The number of likely N-dealkylation sites (tertiary alicyclic amines) is 1. The van der Waals surface area contributed by atoms with E-state index in [0.29, 0.717) is 5.92 Å². The molecule has 1 unspecified atom stereocenters. The van der Waals surface area contributed by atoms with Gasteiger partial charge in [-0.05, 0) is 31.7 Å². The van der Waals surface area contributed by atoms with Crippen LogP contribution in [0.2, 0.25) is 0 Å². The van der Waals surface area contributed by atoms with Crippen molar-refractivity contribution in [3.05, 3.63) is 22.8 Å². The quantitative estimate of drug-likeness (QED) is 0.887. The average Bonchev–Trinajstić information content (AvgIpc) is 2.62. The second kappa shape index (κ2) is 5.33. The van der Waals surface area contributed by atoms with E-state index in [-0.39, 0.29) is 6.10 Å². The molecule has 0 spiro atoms. The zero-order chi connectivity index (χ0) is 13.3. The van der Waals surface area contributed by atoms with Gasteiger partial charge in [0.2, 0.25) is 0 Å². The fourth-order valence-electron chi connectivity index (χ4n) is 2.86. The highest BCUT2D eigenvalue weighted by Crippen LogP contribution is 2.21. The van der Waals surface area contributed by atoms with E-state index in [9.17, 15) is 5.11 Å². The van der Waals surface area contributed by atoms with Crippen molar-refractivity contribution in [2.75, 3.05) is 13.1 Å². The van der Waals surface area contributed by atoms with Crippen molar-refractivity contribution in [2.45, 2.75) is 52.7 Å². The van der Waals surface area contributed by atoms with Crippen LogP contribution in [0.4, 0.5) is 0 Å². The van der Waals surface area contributed by atoms with Crippen molar-refractivity contribution in [1.29, 1.82) is 0 Å². The number of nitrogens with zero attached hydrogens (tertiary/aromatic N) is 3. The van der Waals surface area contributed by atoms with Gasteiger partial charge in [-0.2, -0.15) is 0 Å². The molecule has 1 aliphatic rings. The van der Waals surface area contributed by atoms with Crippen molar-refractivity contribution in [1.82, 2.24) is 14.9 Å². The van der Waals surface area contributed by atoms with Gasteiger partial charge in [0.05, 0.1) is 12.6 Å². The first kappa shape index (κ1) is 13.4. The molecule has 0 aromatic carbocycles. The Labute approximate surface area is 109 Å². The summed E-state index contributed by atoms with van der Waals surface area (Å²) in [5.41, 5.74) is 3.44. The number of hydrogen-bond donors (Lipinski definition) is 1. The van der Waals surface area contributed by atoms with Gasteiger partial charge in [0, 0.05) is 24.5 Å². The third-order valence-corrected chi connectivity index (χ3v) is 3.56. The summed E-state index contributed by atoms with van der Waals surface area (Å²) in [6.45, 7) is 10.9. The summed E-state index contributed by atoms with van der Waals surface area (Å²) in [6, 6.07) is 0. The minimum Gasteiger partial charge on any atom is -0.392 e. The molecular weight excluding hydrogens is 226 g/mol. The first-order chi connectivity index (χ1) is 8.47. The van der Waals surface area contributed by atoms with Crippen molar-refractivity contribution in [3.63, 3.8) is 0 Å². The van der Waals surface area contributed by atoms with Gasteiger partial charge in [0.1, 0.15) is 5.82 Å². The largest absolute Gasteiger partial charge is 0.392 e. The summed E-state index contributed by atoms with van der Waals surface area (Å²) >= 11 is 0. The first-order valence-corrected chi connectivity index (χ1v) is 6.71. The van der Waals surface area contributed by atoms with E-state index >= 15 is 0 Å². The lowest BCUT2D eigenvalue weighted by Gasteiger charge is -2.17. The Hall–Kier alpha value is -1.00. The molecule has 2 rings (SSSR count). The maximum atomic E-state index is 9.52. The Morgan fingerprint density at radius 1 is 1.28 bits per heavy atom. The summed E-state index contributed by atoms with van der Waals surface area (Å²) in [4.78, 5) is 11.4. The fraction of sp³-hybridized carbons (Fsp3) is 0.714. The molecule has 2 heterocycles. The van der Waals surface area contributed by atoms with E-state index in [1.165, 1.54) is 5.56 Å². The van der Waals surface area contributed by atoms with Crippen molar-refractivity contribution < 1.29 is 5.11 Å². The maximum Gasteiger partial charge on any atom is 0.142 e. The summed E-state index contributed by atoms with van der Waals surface area (Å²) in [5.74, 6) is 1.34. The van der Waals surface area contributed by atoms with Gasteiger partial charge < -0.3 is 5.11 Å².